The Hall–Kier alpha value is -5.86. The van der Waals surface area contributed by atoms with Crippen molar-refractivity contribution in [3.63, 3.8) is 0 Å². The molecule has 16 heteroatoms. The Kier molecular flexibility index (Phi) is 13.2. The van der Waals surface area contributed by atoms with E-state index in [0.717, 1.165) is 32.9 Å². The van der Waals surface area contributed by atoms with Crippen LogP contribution in [0.15, 0.2) is 71.8 Å². The maximum atomic E-state index is 12.8. The molecule has 0 aliphatic carbocycles. The van der Waals surface area contributed by atoms with Crippen molar-refractivity contribution in [1.29, 1.82) is 0 Å². The summed E-state index contributed by atoms with van der Waals surface area (Å²) >= 11 is 0. The van der Waals surface area contributed by atoms with E-state index in [1.54, 1.807) is 12.1 Å². The van der Waals surface area contributed by atoms with Gasteiger partial charge >= 0.3 is 17.9 Å². The van der Waals surface area contributed by atoms with Crippen molar-refractivity contribution in [3.05, 3.63) is 77.2 Å². The van der Waals surface area contributed by atoms with Gasteiger partial charge in [-0.25, -0.2) is 4.79 Å². The van der Waals surface area contributed by atoms with Crippen molar-refractivity contribution in [1.82, 2.24) is 5.06 Å². The molecule has 1 saturated heterocycles. The zero-order valence-corrected chi connectivity index (χ0v) is 29.1. The summed E-state index contributed by atoms with van der Waals surface area (Å²) in [6.45, 7) is 2.11. The maximum Gasteiger partial charge on any atom is 0.333 e. The van der Waals surface area contributed by atoms with Gasteiger partial charge in [0.15, 0.2) is 0 Å². The minimum atomic E-state index is -0.934. The third-order valence-electron chi connectivity index (χ3n) is 7.81. The van der Waals surface area contributed by atoms with Crippen LogP contribution in [0.1, 0.15) is 45.4 Å². The number of rotatable bonds is 14. The minimum absolute atomic E-state index is 0. The van der Waals surface area contributed by atoms with Crippen LogP contribution in [0, 0.1) is 0 Å². The molecule has 2 heterocycles. The second-order valence-electron chi connectivity index (χ2n) is 11.1. The van der Waals surface area contributed by atoms with E-state index in [1.165, 1.54) is 0 Å². The van der Waals surface area contributed by atoms with Gasteiger partial charge in [0.05, 0.1) is 30.0 Å². The van der Waals surface area contributed by atoms with Crippen molar-refractivity contribution >= 4 is 68.7 Å². The van der Waals surface area contributed by atoms with Gasteiger partial charge in [-0.1, -0.05) is 35.4 Å². The highest BCUT2D eigenvalue weighted by Crippen LogP contribution is 2.35. The Balaban J connectivity index is 0.00000583. The monoisotopic (exact) mass is 760 g/mol. The standard InChI is InChI=1S/C35H32N6O9.BrH/c1-2-40-28-21-23(8-11-26(28)25-10-9-24(38-39-36)20-27(25)35(40)22-6-4-3-5-7-22)37-29(42)12-15-32(45)48-18-19-49-33(46)16-17-34(47)50-41-30(43)13-14-31(41)44;/h3-11,20-21H,2,12-19H2,1H3;1H. The summed E-state index contributed by atoms with van der Waals surface area (Å²) in [5.74, 6) is -4.02. The minimum Gasteiger partial charge on any atom is -1.00 e. The summed E-state index contributed by atoms with van der Waals surface area (Å²) in [7, 11) is 0. The number of nitrogens with one attached hydrogen (secondary N) is 1. The number of amides is 3. The summed E-state index contributed by atoms with van der Waals surface area (Å²) in [6.07, 6.45) is -1.22. The number of benzene rings is 3. The van der Waals surface area contributed by atoms with Crippen LogP contribution >= 0.6 is 0 Å². The van der Waals surface area contributed by atoms with Crippen LogP contribution < -0.4 is 26.9 Å². The topological polar surface area (TPSA) is 198 Å². The number of hydrogen-bond acceptors (Lipinski definition) is 10. The quantitative estimate of drug-likeness (QED) is 0.0292. The van der Waals surface area contributed by atoms with Gasteiger partial charge in [-0.15, -0.1) is 5.06 Å². The lowest BCUT2D eigenvalue weighted by Gasteiger charge is -2.13. The number of carbonyl (C=O) groups is 6. The molecule has 4 aromatic rings. The molecule has 1 aliphatic heterocycles. The van der Waals surface area contributed by atoms with Crippen molar-refractivity contribution in [3.8, 4) is 11.3 Å². The third kappa shape index (κ3) is 9.44. The molecule has 1 aliphatic rings. The molecule has 5 rings (SSSR count). The molecule has 0 atom stereocenters. The molecule has 3 amide bonds. The Morgan fingerprint density at radius 2 is 1.45 bits per heavy atom. The molecule has 264 valence electrons. The number of esters is 2. The zero-order chi connectivity index (χ0) is 35.6. The fourth-order valence-corrected chi connectivity index (χ4v) is 5.54. The van der Waals surface area contributed by atoms with Gasteiger partial charge in [-0.2, -0.15) is 4.57 Å². The Bertz CT molecular complexity index is 2030. The average Bonchev–Trinajstić information content (AvgIpc) is 3.43. The smallest absolute Gasteiger partial charge is 0.333 e. The average molecular weight is 762 g/mol. The molecule has 0 radical (unpaired) electrons. The van der Waals surface area contributed by atoms with Gasteiger partial charge < -0.3 is 36.6 Å². The van der Waals surface area contributed by atoms with Gasteiger partial charge in [0, 0.05) is 52.6 Å². The van der Waals surface area contributed by atoms with E-state index in [4.69, 9.17) is 15.0 Å². The van der Waals surface area contributed by atoms with Gasteiger partial charge in [0.2, 0.25) is 17.1 Å². The molecule has 0 bridgehead atoms. The molecule has 3 aromatic carbocycles. The number of halogens is 1. The first kappa shape index (κ1) is 38.0. The lowest BCUT2D eigenvalue weighted by molar-refractivity contribution is -0.655. The number of hydroxylamine groups is 2. The van der Waals surface area contributed by atoms with E-state index in [-0.39, 0.29) is 62.3 Å². The first-order valence-electron chi connectivity index (χ1n) is 15.9. The Morgan fingerprint density at radius 3 is 2.10 bits per heavy atom. The second-order valence-corrected chi connectivity index (χ2v) is 11.1. The van der Waals surface area contributed by atoms with Crippen molar-refractivity contribution in [2.24, 2.45) is 5.11 Å². The van der Waals surface area contributed by atoms with Gasteiger partial charge in [-0.3, -0.25) is 24.0 Å². The van der Waals surface area contributed by atoms with E-state index < -0.39 is 42.1 Å². The van der Waals surface area contributed by atoms with E-state index in [9.17, 15) is 28.8 Å². The normalized spacial score (nSPS) is 12.2. The highest BCUT2D eigenvalue weighted by molar-refractivity contribution is 6.10. The lowest BCUT2D eigenvalue weighted by Crippen LogP contribution is -3.00. The lowest BCUT2D eigenvalue weighted by atomic mass is 9.98. The number of carbonyl (C=O) groups excluding carboxylic acids is 6. The number of hydrogen-bond donors (Lipinski definition) is 1. The van der Waals surface area contributed by atoms with Gasteiger partial charge in [-0.05, 0) is 42.8 Å². The molecule has 0 spiro atoms. The zero-order valence-electron chi connectivity index (χ0n) is 27.5. The molecule has 15 nitrogen and oxygen atoms in total. The van der Waals surface area contributed by atoms with E-state index in [2.05, 4.69) is 24.7 Å². The number of aryl methyl sites for hydroxylation is 1. The van der Waals surface area contributed by atoms with E-state index >= 15 is 0 Å². The van der Waals surface area contributed by atoms with E-state index in [0.29, 0.717) is 23.0 Å². The Morgan fingerprint density at radius 1 is 0.824 bits per heavy atom. The van der Waals surface area contributed by atoms with Crippen molar-refractivity contribution < 1.29 is 64.6 Å². The van der Waals surface area contributed by atoms with Crippen LogP contribution in [0.4, 0.5) is 11.4 Å². The first-order valence-corrected chi connectivity index (χ1v) is 15.9. The highest BCUT2D eigenvalue weighted by Gasteiger charge is 2.33. The fraction of sp³-hybridized carbons (Fsp3) is 0.286. The third-order valence-corrected chi connectivity index (χ3v) is 7.81. The van der Waals surface area contributed by atoms with Gasteiger partial charge in [0.1, 0.15) is 19.8 Å². The molecule has 1 N–H and O–H groups in total. The number of ether oxygens (including phenoxy) is 2. The maximum absolute atomic E-state index is 12.8. The van der Waals surface area contributed by atoms with Crippen LogP contribution in [0.25, 0.3) is 43.4 Å². The molecule has 0 unspecified atom stereocenters. The summed E-state index contributed by atoms with van der Waals surface area (Å²) in [6, 6.07) is 21.0. The number of azide groups is 1. The number of fused-ring (bicyclic) bond motifs is 3. The van der Waals surface area contributed by atoms with Crippen molar-refractivity contribution in [2.75, 3.05) is 18.5 Å². The number of aromatic nitrogens is 1. The molecule has 1 aromatic heterocycles. The van der Waals surface area contributed by atoms with E-state index in [1.807, 2.05) is 61.5 Å². The van der Waals surface area contributed by atoms with Crippen LogP contribution in [-0.4, -0.2) is 53.9 Å². The summed E-state index contributed by atoms with van der Waals surface area (Å²) in [4.78, 5) is 79.3. The van der Waals surface area contributed by atoms with Crippen LogP contribution in [0.3, 0.4) is 0 Å². The predicted molar refractivity (Wildman–Crippen MR) is 178 cm³/mol. The first-order chi connectivity index (χ1) is 24.2. The highest BCUT2D eigenvalue weighted by atomic mass is 79.9. The SMILES string of the molecule is CC[n+]1c(-c2ccccc2)c2cc(N=[N+]=[N-])ccc2c2ccc(NC(=O)CCC(=O)OCCOC(=O)CCC(=O)ON3C(=O)CCC3=O)cc21.[Br-]. The predicted octanol–water partition coefficient (Wildman–Crippen LogP) is 2.11. The van der Waals surface area contributed by atoms with Crippen LogP contribution in [0.5, 0.6) is 0 Å². The number of pyridine rings is 1. The number of nitrogens with zero attached hydrogens (tertiary/aromatic N) is 5. The van der Waals surface area contributed by atoms with Crippen LogP contribution in [-0.2, 0) is 49.6 Å². The fourth-order valence-electron chi connectivity index (χ4n) is 5.54. The summed E-state index contributed by atoms with van der Waals surface area (Å²) < 4.78 is 12.1. The van der Waals surface area contributed by atoms with Gasteiger partial charge in [0.25, 0.3) is 11.8 Å². The summed E-state index contributed by atoms with van der Waals surface area (Å²) in [5, 5.41) is 9.83. The molecule has 0 saturated carbocycles. The second kappa shape index (κ2) is 17.7. The van der Waals surface area contributed by atoms with Crippen molar-refractivity contribution in [2.45, 2.75) is 52.0 Å². The molecule has 1 fully saturated rings. The molecular formula is C35H33BrN6O9. The summed E-state index contributed by atoms with van der Waals surface area (Å²) in [5.41, 5.74) is 12.8. The Labute approximate surface area is 301 Å². The van der Waals surface area contributed by atoms with Crippen LogP contribution in [0.2, 0.25) is 0 Å². The molecule has 51 heavy (non-hydrogen) atoms. The molecular weight excluding hydrogens is 728 g/mol. The number of imide groups is 1. The number of anilines is 1. The largest absolute Gasteiger partial charge is 1.00 e.